The Labute approximate surface area is 140 Å². The Bertz CT molecular complexity index is 521. The van der Waals surface area contributed by atoms with Crippen LogP contribution in [0.4, 0.5) is 0 Å². The third-order valence-electron chi connectivity index (χ3n) is 4.66. The quantitative estimate of drug-likeness (QED) is 0.746. The van der Waals surface area contributed by atoms with Crippen molar-refractivity contribution in [3.8, 4) is 0 Å². The van der Waals surface area contributed by atoms with Gasteiger partial charge in [-0.2, -0.15) is 0 Å². The normalized spacial score (nSPS) is 15.7. The van der Waals surface area contributed by atoms with Crippen LogP contribution in [0.2, 0.25) is 0 Å². The van der Waals surface area contributed by atoms with Gasteiger partial charge in [-0.1, -0.05) is 67.6 Å². The standard InChI is InChI=1S/C21H28N2/c1-2-21(15-22-20-13-14-20)23(16-18-9-5-3-6-10-18)17-19-11-7-4-8-12-19/h3-12,20-22H,2,13-17H2,1H3. The van der Waals surface area contributed by atoms with E-state index in [-0.39, 0.29) is 0 Å². The second-order valence-corrected chi connectivity index (χ2v) is 6.62. The SMILES string of the molecule is CCC(CNC1CC1)N(Cc1ccccc1)Cc1ccccc1. The zero-order valence-electron chi connectivity index (χ0n) is 14.1. The molecule has 2 aromatic carbocycles. The Morgan fingerprint density at radius 2 is 1.43 bits per heavy atom. The van der Waals surface area contributed by atoms with Gasteiger partial charge in [0.2, 0.25) is 0 Å². The van der Waals surface area contributed by atoms with Gasteiger partial charge >= 0.3 is 0 Å². The highest BCUT2D eigenvalue weighted by Gasteiger charge is 2.24. The Morgan fingerprint density at radius 3 is 1.87 bits per heavy atom. The lowest BCUT2D eigenvalue weighted by molar-refractivity contribution is 0.168. The van der Waals surface area contributed by atoms with Crippen molar-refractivity contribution in [3.05, 3.63) is 71.8 Å². The highest BCUT2D eigenvalue weighted by Crippen LogP contribution is 2.20. The fourth-order valence-corrected chi connectivity index (χ4v) is 3.07. The molecule has 1 unspecified atom stereocenters. The topological polar surface area (TPSA) is 15.3 Å². The van der Waals surface area contributed by atoms with Gasteiger partial charge in [-0.3, -0.25) is 4.90 Å². The van der Waals surface area contributed by atoms with Crippen LogP contribution in [0, 0.1) is 0 Å². The summed E-state index contributed by atoms with van der Waals surface area (Å²) in [4.78, 5) is 2.63. The molecule has 2 nitrogen and oxygen atoms in total. The van der Waals surface area contributed by atoms with E-state index >= 15 is 0 Å². The Hall–Kier alpha value is -1.64. The average molecular weight is 308 g/mol. The summed E-state index contributed by atoms with van der Waals surface area (Å²) in [6.45, 7) is 5.43. The van der Waals surface area contributed by atoms with E-state index in [0.29, 0.717) is 6.04 Å². The van der Waals surface area contributed by atoms with Crippen LogP contribution in [-0.2, 0) is 13.1 Å². The summed E-state index contributed by atoms with van der Waals surface area (Å²) in [5.74, 6) is 0. The lowest BCUT2D eigenvalue weighted by atomic mass is 10.1. The maximum atomic E-state index is 3.72. The summed E-state index contributed by atoms with van der Waals surface area (Å²) in [6, 6.07) is 23.0. The molecule has 0 saturated heterocycles. The predicted molar refractivity (Wildman–Crippen MR) is 97.2 cm³/mol. The summed E-state index contributed by atoms with van der Waals surface area (Å²) >= 11 is 0. The molecular formula is C21H28N2. The molecule has 23 heavy (non-hydrogen) atoms. The van der Waals surface area contributed by atoms with Gasteiger partial charge in [-0.25, -0.2) is 0 Å². The average Bonchev–Trinajstić information content (AvgIpc) is 3.41. The van der Waals surface area contributed by atoms with Crippen LogP contribution < -0.4 is 5.32 Å². The fourth-order valence-electron chi connectivity index (χ4n) is 3.07. The van der Waals surface area contributed by atoms with Gasteiger partial charge in [-0.05, 0) is 30.4 Å². The van der Waals surface area contributed by atoms with Gasteiger partial charge in [-0.15, -0.1) is 0 Å². The fraction of sp³-hybridized carbons (Fsp3) is 0.429. The highest BCUT2D eigenvalue weighted by molar-refractivity contribution is 5.17. The summed E-state index contributed by atoms with van der Waals surface area (Å²) in [7, 11) is 0. The zero-order chi connectivity index (χ0) is 15.9. The Morgan fingerprint density at radius 1 is 0.913 bits per heavy atom. The number of nitrogens with one attached hydrogen (secondary N) is 1. The van der Waals surface area contributed by atoms with Crippen molar-refractivity contribution in [2.45, 2.75) is 51.4 Å². The van der Waals surface area contributed by atoms with E-state index in [0.717, 1.165) is 25.7 Å². The molecule has 1 aliphatic carbocycles. The molecule has 1 fully saturated rings. The zero-order valence-corrected chi connectivity index (χ0v) is 14.1. The van der Waals surface area contributed by atoms with Crippen molar-refractivity contribution in [2.24, 2.45) is 0 Å². The maximum Gasteiger partial charge on any atom is 0.0240 e. The van der Waals surface area contributed by atoms with Crippen LogP contribution in [-0.4, -0.2) is 23.5 Å². The predicted octanol–water partition coefficient (Wildman–Crippen LogP) is 4.22. The third-order valence-corrected chi connectivity index (χ3v) is 4.66. The van der Waals surface area contributed by atoms with Crippen molar-refractivity contribution in [1.82, 2.24) is 10.2 Å². The first-order valence-electron chi connectivity index (χ1n) is 8.90. The molecule has 0 heterocycles. The van der Waals surface area contributed by atoms with Gasteiger partial charge in [0, 0.05) is 31.7 Å². The van der Waals surface area contributed by atoms with Gasteiger partial charge < -0.3 is 5.32 Å². The molecule has 1 atom stereocenters. The molecule has 1 aliphatic rings. The van der Waals surface area contributed by atoms with E-state index < -0.39 is 0 Å². The third kappa shape index (κ3) is 5.19. The van der Waals surface area contributed by atoms with E-state index in [2.05, 4.69) is 77.8 Å². The van der Waals surface area contributed by atoms with Crippen LogP contribution >= 0.6 is 0 Å². The monoisotopic (exact) mass is 308 g/mol. The molecule has 1 N–H and O–H groups in total. The molecule has 2 heteroatoms. The van der Waals surface area contributed by atoms with E-state index in [1.54, 1.807) is 0 Å². The first kappa shape index (κ1) is 16.2. The highest BCUT2D eigenvalue weighted by atomic mass is 15.2. The number of rotatable bonds is 9. The minimum atomic E-state index is 0.580. The van der Waals surface area contributed by atoms with E-state index in [1.807, 2.05) is 0 Å². The van der Waals surface area contributed by atoms with Crippen LogP contribution in [0.1, 0.15) is 37.3 Å². The molecule has 3 rings (SSSR count). The summed E-state index contributed by atoms with van der Waals surface area (Å²) < 4.78 is 0. The summed E-state index contributed by atoms with van der Waals surface area (Å²) in [5.41, 5.74) is 2.79. The van der Waals surface area contributed by atoms with E-state index in [4.69, 9.17) is 0 Å². The summed E-state index contributed by atoms with van der Waals surface area (Å²) in [6.07, 6.45) is 3.89. The Kier molecular flexibility index (Phi) is 5.84. The molecule has 0 spiro atoms. The molecule has 0 bridgehead atoms. The molecule has 2 aromatic rings. The molecule has 0 amide bonds. The smallest absolute Gasteiger partial charge is 0.0240 e. The molecular weight excluding hydrogens is 280 g/mol. The maximum absolute atomic E-state index is 3.72. The minimum Gasteiger partial charge on any atom is -0.312 e. The van der Waals surface area contributed by atoms with E-state index in [1.165, 1.54) is 30.4 Å². The minimum absolute atomic E-state index is 0.580. The van der Waals surface area contributed by atoms with Crippen LogP contribution in [0.15, 0.2) is 60.7 Å². The number of benzene rings is 2. The number of nitrogens with zero attached hydrogens (tertiary/aromatic N) is 1. The van der Waals surface area contributed by atoms with Gasteiger partial charge in [0.25, 0.3) is 0 Å². The summed E-state index contributed by atoms with van der Waals surface area (Å²) in [5, 5.41) is 3.72. The van der Waals surface area contributed by atoms with Crippen LogP contribution in [0.25, 0.3) is 0 Å². The Balaban J connectivity index is 1.70. The van der Waals surface area contributed by atoms with Crippen molar-refractivity contribution >= 4 is 0 Å². The second kappa shape index (κ2) is 8.28. The first-order valence-corrected chi connectivity index (χ1v) is 8.90. The molecule has 0 radical (unpaired) electrons. The first-order chi connectivity index (χ1) is 11.3. The largest absolute Gasteiger partial charge is 0.312 e. The van der Waals surface area contributed by atoms with Crippen molar-refractivity contribution < 1.29 is 0 Å². The second-order valence-electron chi connectivity index (χ2n) is 6.62. The van der Waals surface area contributed by atoms with Crippen LogP contribution in [0.5, 0.6) is 0 Å². The van der Waals surface area contributed by atoms with Crippen molar-refractivity contribution in [2.75, 3.05) is 6.54 Å². The van der Waals surface area contributed by atoms with Gasteiger partial charge in [0.1, 0.15) is 0 Å². The van der Waals surface area contributed by atoms with Crippen molar-refractivity contribution in [1.29, 1.82) is 0 Å². The molecule has 122 valence electrons. The van der Waals surface area contributed by atoms with Crippen molar-refractivity contribution in [3.63, 3.8) is 0 Å². The lowest BCUT2D eigenvalue weighted by Crippen LogP contribution is -2.41. The van der Waals surface area contributed by atoms with E-state index in [9.17, 15) is 0 Å². The van der Waals surface area contributed by atoms with Gasteiger partial charge in [0.15, 0.2) is 0 Å². The molecule has 1 saturated carbocycles. The molecule has 0 aromatic heterocycles. The van der Waals surface area contributed by atoms with Crippen LogP contribution in [0.3, 0.4) is 0 Å². The lowest BCUT2D eigenvalue weighted by Gasteiger charge is -2.31. The molecule has 0 aliphatic heterocycles. The number of hydrogen-bond donors (Lipinski definition) is 1. The number of hydrogen-bond acceptors (Lipinski definition) is 2. The van der Waals surface area contributed by atoms with Gasteiger partial charge in [0.05, 0.1) is 0 Å².